The van der Waals surface area contributed by atoms with Crippen molar-refractivity contribution >= 4 is 34.4 Å². The Labute approximate surface area is 238 Å². The molecule has 40 heavy (non-hydrogen) atoms. The highest BCUT2D eigenvalue weighted by atomic mass is 16.2. The summed E-state index contributed by atoms with van der Waals surface area (Å²) in [5.41, 5.74) is 1.04. The third kappa shape index (κ3) is 11.0. The third-order valence-electron chi connectivity index (χ3n) is 7.63. The molecule has 3 N–H and O–H groups in total. The van der Waals surface area contributed by atoms with Crippen LogP contribution in [0.1, 0.15) is 89.5 Å². The van der Waals surface area contributed by atoms with Gasteiger partial charge in [0.05, 0.1) is 6.54 Å². The molecule has 2 fully saturated rings. The molecule has 0 aromatic heterocycles. The van der Waals surface area contributed by atoms with Crippen molar-refractivity contribution in [1.82, 2.24) is 20.9 Å². The molecule has 2 aromatic carbocycles. The molecule has 0 spiro atoms. The van der Waals surface area contributed by atoms with Crippen LogP contribution in [0.3, 0.4) is 0 Å². The van der Waals surface area contributed by atoms with Crippen LogP contribution >= 0.6 is 0 Å². The summed E-state index contributed by atoms with van der Waals surface area (Å²) in [4.78, 5) is 49.7. The molecule has 4 amide bonds. The maximum Gasteiger partial charge on any atom is 0.242 e. The second kappa shape index (κ2) is 17.3. The van der Waals surface area contributed by atoms with Crippen LogP contribution in [0.4, 0.5) is 0 Å². The minimum absolute atomic E-state index is 0.0913. The van der Waals surface area contributed by atoms with Crippen molar-refractivity contribution in [3.63, 3.8) is 0 Å². The highest BCUT2D eigenvalue weighted by Gasteiger charge is 2.21. The van der Waals surface area contributed by atoms with Gasteiger partial charge in [0.2, 0.25) is 23.6 Å². The molecule has 2 saturated heterocycles. The lowest BCUT2D eigenvalue weighted by Gasteiger charge is -2.19. The van der Waals surface area contributed by atoms with Gasteiger partial charge < -0.3 is 20.9 Å². The van der Waals surface area contributed by atoms with Crippen molar-refractivity contribution in [2.75, 3.05) is 19.6 Å². The number of nitrogens with zero attached hydrogens (tertiary/aromatic N) is 1. The lowest BCUT2D eigenvalue weighted by molar-refractivity contribution is -0.130. The first kappa shape index (κ1) is 31.1. The van der Waals surface area contributed by atoms with Crippen LogP contribution in [0, 0.1) is 0 Å². The summed E-state index contributed by atoms with van der Waals surface area (Å²) in [7, 11) is 0. The number of likely N-dealkylation sites (tertiary alicyclic amines) is 1. The predicted octanol–water partition coefficient (Wildman–Crippen LogP) is 4.60. The molecule has 0 aliphatic carbocycles. The van der Waals surface area contributed by atoms with E-state index < -0.39 is 6.04 Å². The van der Waals surface area contributed by atoms with Gasteiger partial charge in [-0.1, -0.05) is 87.4 Å². The zero-order valence-electron chi connectivity index (χ0n) is 24.0. The molecule has 2 aliphatic heterocycles. The molecule has 0 radical (unpaired) electrons. The van der Waals surface area contributed by atoms with Gasteiger partial charge in [0.1, 0.15) is 6.04 Å². The predicted molar refractivity (Wildman–Crippen MR) is 158 cm³/mol. The minimum Gasteiger partial charge on any atom is -0.350 e. The first-order valence-corrected chi connectivity index (χ1v) is 15.0. The van der Waals surface area contributed by atoms with Gasteiger partial charge >= 0.3 is 0 Å². The Bertz CT molecular complexity index is 1110. The fourth-order valence-electron chi connectivity index (χ4n) is 5.26. The minimum atomic E-state index is -0.595. The Morgan fingerprint density at radius 3 is 2.17 bits per heavy atom. The smallest absolute Gasteiger partial charge is 0.242 e. The van der Waals surface area contributed by atoms with Gasteiger partial charge in [-0.15, -0.1) is 0 Å². The van der Waals surface area contributed by atoms with Crippen LogP contribution in [0.15, 0.2) is 42.5 Å². The van der Waals surface area contributed by atoms with Gasteiger partial charge in [-0.2, -0.15) is 0 Å². The van der Waals surface area contributed by atoms with E-state index in [2.05, 4.69) is 28.1 Å². The average molecular weight is 551 g/mol. The third-order valence-corrected chi connectivity index (χ3v) is 7.63. The standard InChI is InChI=1S/C26H35N3O3.C6H11NO/c30-24-17-8-6-4-2-1-3-5-7-16-23(29-25(31)19-27-24)26(32)28-18-21-14-11-13-20-12-9-10-15-22(20)21;1-6(8)7-4-2-3-5-7/h9-15,23H,1-8,16-19H2,(H,27,30)(H,28,32)(H,29,31);2-5H2,1H3. The quantitative estimate of drug-likeness (QED) is 0.519. The van der Waals surface area contributed by atoms with Gasteiger partial charge in [-0.25, -0.2) is 0 Å². The molecule has 0 saturated carbocycles. The molecule has 1 atom stereocenters. The molecule has 2 heterocycles. The van der Waals surface area contributed by atoms with Crippen molar-refractivity contribution in [2.45, 2.75) is 96.6 Å². The number of hydrogen-bond donors (Lipinski definition) is 3. The van der Waals surface area contributed by atoms with E-state index in [1.165, 1.54) is 25.7 Å². The van der Waals surface area contributed by atoms with E-state index >= 15 is 0 Å². The van der Waals surface area contributed by atoms with Gasteiger partial charge in [0.15, 0.2) is 0 Å². The molecule has 8 nitrogen and oxygen atoms in total. The molecule has 8 heteroatoms. The summed E-state index contributed by atoms with van der Waals surface area (Å²) < 4.78 is 0. The number of amides is 4. The van der Waals surface area contributed by atoms with Crippen LogP contribution in [-0.2, 0) is 25.7 Å². The van der Waals surface area contributed by atoms with Gasteiger partial charge in [-0.05, 0) is 42.0 Å². The van der Waals surface area contributed by atoms with E-state index in [1.54, 1.807) is 6.92 Å². The molecular formula is C32H46N4O4. The van der Waals surface area contributed by atoms with E-state index in [-0.39, 0.29) is 30.2 Å². The van der Waals surface area contributed by atoms with E-state index in [1.807, 2.05) is 35.2 Å². The van der Waals surface area contributed by atoms with E-state index in [9.17, 15) is 19.2 Å². The van der Waals surface area contributed by atoms with Crippen LogP contribution in [0.5, 0.6) is 0 Å². The zero-order chi connectivity index (χ0) is 28.6. The number of rotatable bonds is 3. The maximum atomic E-state index is 12.9. The number of fused-ring (bicyclic) bond motifs is 1. The highest BCUT2D eigenvalue weighted by Crippen LogP contribution is 2.18. The highest BCUT2D eigenvalue weighted by molar-refractivity contribution is 5.90. The Morgan fingerprint density at radius 2 is 1.48 bits per heavy atom. The van der Waals surface area contributed by atoms with E-state index in [0.717, 1.165) is 68.0 Å². The van der Waals surface area contributed by atoms with Crippen LogP contribution in [0.25, 0.3) is 10.8 Å². The van der Waals surface area contributed by atoms with Gasteiger partial charge in [0.25, 0.3) is 0 Å². The molecule has 2 aliphatic rings. The number of carbonyl (C=O) groups is 4. The number of hydrogen-bond acceptors (Lipinski definition) is 4. The fourth-order valence-corrected chi connectivity index (χ4v) is 5.26. The normalized spacial score (nSPS) is 19.6. The molecule has 0 bridgehead atoms. The second-order valence-electron chi connectivity index (χ2n) is 10.8. The summed E-state index contributed by atoms with van der Waals surface area (Å²) in [6.45, 7) is 3.91. The zero-order valence-corrected chi connectivity index (χ0v) is 24.0. The van der Waals surface area contributed by atoms with Crippen molar-refractivity contribution < 1.29 is 19.2 Å². The summed E-state index contributed by atoms with van der Waals surface area (Å²) in [6.07, 6.45) is 11.9. The summed E-state index contributed by atoms with van der Waals surface area (Å²) >= 11 is 0. The Balaban J connectivity index is 0.000000472. The lowest BCUT2D eigenvalue weighted by Crippen LogP contribution is -2.49. The van der Waals surface area contributed by atoms with Crippen molar-refractivity contribution in [1.29, 1.82) is 0 Å². The average Bonchev–Trinajstić information content (AvgIpc) is 3.51. The van der Waals surface area contributed by atoms with Crippen LogP contribution < -0.4 is 16.0 Å². The first-order valence-electron chi connectivity index (χ1n) is 15.0. The topological polar surface area (TPSA) is 108 Å². The summed E-state index contributed by atoms with van der Waals surface area (Å²) in [5.74, 6) is -0.388. The van der Waals surface area contributed by atoms with E-state index in [0.29, 0.717) is 19.4 Å². The van der Waals surface area contributed by atoms with Crippen molar-refractivity contribution in [2.24, 2.45) is 0 Å². The maximum absolute atomic E-state index is 12.9. The SMILES string of the molecule is CC(=O)N1CCCC1.O=C1CCCCCCCCCCC(C(=O)NCc2cccc3ccccc23)NC(=O)CN1. The Hall–Kier alpha value is -3.42. The molecule has 2 aromatic rings. The largest absolute Gasteiger partial charge is 0.350 e. The van der Waals surface area contributed by atoms with Crippen LogP contribution in [-0.4, -0.2) is 54.2 Å². The molecule has 4 rings (SSSR count). The lowest BCUT2D eigenvalue weighted by atomic mass is 10.0. The fraction of sp³-hybridized carbons (Fsp3) is 0.562. The second-order valence-corrected chi connectivity index (χ2v) is 10.8. The first-order chi connectivity index (χ1) is 19.4. The van der Waals surface area contributed by atoms with Crippen molar-refractivity contribution in [3.05, 3.63) is 48.0 Å². The molecule has 218 valence electrons. The Kier molecular flexibility index (Phi) is 13.5. The summed E-state index contributed by atoms with van der Waals surface area (Å²) in [5, 5.41) is 10.7. The summed E-state index contributed by atoms with van der Waals surface area (Å²) in [6, 6.07) is 13.5. The van der Waals surface area contributed by atoms with E-state index in [4.69, 9.17) is 0 Å². The van der Waals surface area contributed by atoms with Crippen molar-refractivity contribution in [3.8, 4) is 0 Å². The number of carbonyl (C=O) groups excluding carboxylic acids is 4. The Morgan fingerprint density at radius 1 is 0.825 bits per heavy atom. The molecule has 1 unspecified atom stereocenters. The van der Waals surface area contributed by atoms with Gasteiger partial charge in [-0.3, -0.25) is 19.2 Å². The molecular weight excluding hydrogens is 504 g/mol. The van der Waals surface area contributed by atoms with Gasteiger partial charge in [0, 0.05) is 33.0 Å². The number of nitrogens with one attached hydrogen (secondary N) is 3. The monoisotopic (exact) mass is 550 g/mol. The van der Waals surface area contributed by atoms with Crippen LogP contribution in [0.2, 0.25) is 0 Å². The number of benzene rings is 2.